The van der Waals surface area contributed by atoms with Crippen LogP contribution in [0.25, 0.3) is 0 Å². The van der Waals surface area contributed by atoms with Gasteiger partial charge in [-0.1, -0.05) is 0 Å². The van der Waals surface area contributed by atoms with Gasteiger partial charge in [-0.2, -0.15) is 0 Å². The van der Waals surface area contributed by atoms with Crippen LogP contribution in [0.4, 0.5) is 11.6 Å². The summed E-state index contributed by atoms with van der Waals surface area (Å²) in [6.07, 6.45) is 2.26. The maximum atomic E-state index is 5.39. The molecule has 0 radical (unpaired) electrons. The molecule has 18 heavy (non-hydrogen) atoms. The van der Waals surface area contributed by atoms with Crippen LogP contribution in [0.15, 0.2) is 6.07 Å². The van der Waals surface area contributed by atoms with Crippen LogP contribution in [0.3, 0.4) is 0 Å². The smallest absolute Gasteiger partial charge is 0.145 e. The van der Waals surface area contributed by atoms with E-state index in [1.54, 1.807) is 0 Å². The van der Waals surface area contributed by atoms with Crippen LogP contribution in [0, 0.1) is 6.92 Å². The number of aryl methyl sites for hydroxylation is 1. The highest BCUT2D eigenvalue weighted by Gasteiger charge is 2.22. The van der Waals surface area contributed by atoms with Crippen molar-refractivity contribution in [1.82, 2.24) is 14.9 Å². The average Bonchev–Trinajstić information content (AvgIpc) is 2.33. The van der Waals surface area contributed by atoms with Crippen molar-refractivity contribution in [3.63, 3.8) is 0 Å². The SMILES string of the molecule is Cc1nc(NN)cc(NC2CCN(C)C(C)C2)n1. The summed E-state index contributed by atoms with van der Waals surface area (Å²) in [6, 6.07) is 2.91. The highest BCUT2D eigenvalue weighted by atomic mass is 15.3. The van der Waals surface area contributed by atoms with Crippen LogP contribution >= 0.6 is 0 Å². The van der Waals surface area contributed by atoms with Gasteiger partial charge >= 0.3 is 0 Å². The van der Waals surface area contributed by atoms with Gasteiger partial charge in [0.1, 0.15) is 17.5 Å². The fourth-order valence-corrected chi connectivity index (χ4v) is 2.35. The summed E-state index contributed by atoms with van der Waals surface area (Å²) < 4.78 is 0. The lowest BCUT2D eigenvalue weighted by molar-refractivity contribution is 0.190. The van der Waals surface area contributed by atoms with Crippen LogP contribution in [-0.4, -0.2) is 40.5 Å². The van der Waals surface area contributed by atoms with Crippen LogP contribution in [0.2, 0.25) is 0 Å². The molecule has 0 aromatic carbocycles. The molecule has 6 nitrogen and oxygen atoms in total. The first-order valence-corrected chi connectivity index (χ1v) is 6.37. The summed E-state index contributed by atoms with van der Waals surface area (Å²) in [5, 5.41) is 3.47. The van der Waals surface area contributed by atoms with Gasteiger partial charge in [-0.25, -0.2) is 15.8 Å². The number of aromatic nitrogens is 2. The molecule has 0 bridgehead atoms. The molecule has 1 aliphatic heterocycles. The van der Waals surface area contributed by atoms with Crippen molar-refractivity contribution in [2.45, 2.75) is 38.8 Å². The molecule has 6 heteroatoms. The number of hydrazine groups is 1. The Morgan fingerprint density at radius 1 is 1.39 bits per heavy atom. The minimum Gasteiger partial charge on any atom is -0.367 e. The van der Waals surface area contributed by atoms with Gasteiger partial charge in [0, 0.05) is 24.7 Å². The zero-order valence-electron chi connectivity index (χ0n) is 11.3. The molecule has 2 heterocycles. The van der Waals surface area contributed by atoms with Gasteiger partial charge in [0.15, 0.2) is 0 Å². The van der Waals surface area contributed by atoms with Gasteiger partial charge in [0.2, 0.25) is 0 Å². The molecule has 0 spiro atoms. The normalized spacial score (nSPS) is 24.9. The van der Waals surface area contributed by atoms with Crippen LogP contribution in [0.1, 0.15) is 25.6 Å². The third-order valence-electron chi connectivity index (χ3n) is 3.55. The topological polar surface area (TPSA) is 79.1 Å². The van der Waals surface area contributed by atoms with Crippen molar-refractivity contribution in [3.8, 4) is 0 Å². The van der Waals surface area contributed by atoms with Gasteiger partial charge in [0.05, 0.1) is 0 Å². The monoisotopic (exact) mass is 250 g/mol. The van der Waals surface area contributed by atoms with Crippen LogP contribution in [-0.2, 0) is 0 Å². The lowest BCUT2D eigenvalue weighted by Crippen LogP contribution is -2.42. The number of piperidine rings is 1. The Hall–Kier alpha value is -1.40. The first kappa shape index (κ1) is 13.0. The first-order chi connectivity index (χ1) is 8.58. The zero-order chi connectivity index (χ0) is 13.1. The van der Waals surface area contributed by atoms with Crippen molar-refractivity contribution in [2.75, 3.05) is 24.3 Å². The van der Waals surface area contributed by atoms with E-state index in [4.69, 9.17) is 5.84 Å². The third kappa shape index (κ3) is 3.08. The summed E-state index contributed by atoms with van der Waals surface area (Å²) in [4.78, 5) is 11.0. The minimum absolute atomic E-state index is 0.469. The van der Waals surface area contributed by atoms with E-state index in [0.717, 1.165) is 25.2 Å². The Morgan fingerprint density at radius 2 is 2.11 bits per heavy atom. The lowest BCUT2D eigenvalue weighted by atomic mass is 9.99. The molecule has 2 atom stereocenters. The number of nitrogens with two attached hydrogens (primary N) is 1. The Balaban J connectivity index is 2.03. The van der Waals surface area contributed by atoms with E-state index in [9.17, 15) is 0 Å². The number of nitrogens with one attached hydrogen (secondary N) is 2. The van der Waals surface area contributed by atoms with Gasteiger partial charge in [0.25, 0.3) is 0 Å². The molecule has 0 aliphatic carbocycles. The fraction of sp³-hybridized carbons (Fsp3) is 0.667. The summed E-state index contributed by atoms with van der Waals surface area (Å²) >= 11 is 0. The van der Waals surface area contributed by atoms with Crippen LogP contribution in [0.5, 0.6) is 0 Å². The Morgan fingerprint density at radius 3 is 2.78 bits per heavy atom. The van der Waals surface area contributed by atoms with Crippen molar-refractivity contribution < 1.29 is 0 Å². The van der Waals surface area contributed by atoms with Crippen molar-refractivity contribution >= 4 is 11.6 Å². The number of hydrogen-bond donors (Lipinski definition) is 3. The largest absolute Gasteiger partial charge is 0.367 e. The van der Waals surface area contributed by atoms with E-state index in [1.165, 1.54) is 0 Å². The van der Waals surface area contributed by atoms with E-state index in [1.807, 2.05) is 13.0 Å². The molecule has 1 aromatic heterocycles. The number of nitrogen functional groups attached to an aromatic ring is 1. The average molecular weight is 250 g/mol. The van der Waals surface area contributed by atoms with E-state index >= 15 is 0 Å². The highest BCUT2D eigenvalue weighted by Crippen LogP contribution is 2.20. The maximum Gasteiger partial charge on any atom is 0.145 e. The number of likely N-dealkylation sites (tertiary alicyclic amines) is 1. The van der Waals surface area contributed by atoms with Gasteiger partial charge in [-0.05, 0) is 33.7 Å². The number of anilines is 2. The molecule has 1 aromatic rings. The molecule has 1 fully saturated rings. The quantitative estimate of drug-likeness (QED) is 0.548. The Kier molecular flexibility index (Phi) is 3.98. The molecule has 0 amide bonds. The van der Waals surface area contributed by atoms with Crippen molar-refractivity contribution in [3.05, 3.63) is 11.9 Å². The standard InChI is InChI=1S/C12H22N6/c1-8-6-10(4-5-18(8)3)16-11-7-12(17-13)15-9(2)14-11/h7-8,10H,4-6,13H2,1-3H3,(H2,14,15,16,17). The Labute approximate surface area is 108 Å². The van der Waals surface area contributed by atoms with E-state index in [-0.39, 0.29) is 0 Å². The first-order valence-electron chi connectivity index (χ1n) is 6.37. The second-order valence-electron chi connectivity index (χ2n) is 5.03. The van der Waals surface area contributed by atoms with Gasteiger partial charge in [-0.3, -0.25) is 0 Å². The summed E-state index contributed by atoms with van der Waals surface area (Å²) in [5.41, 5.74) is 2.56. The Bertz CT molecular complexity index is 408. The van der Waals surface area contributed by atoms with E-state index < -0.39 is 0 Å². The van der Waals surface area contributed by atoms with E-state index in [0.29, 0.717) is 23.7 Å². The fourth-order valence-electron chi connectivity index (χ4n) is 2.35. The highest BCUT2D eigenvalue weighted by molar-refractivity contribution is 5.47. The third-order valence-corrected chi connectivity index (χ3v) is 3.55. The summed E-state index contributed by atoms with van der Waals surface area (Å²) in [7, 11) is 2.17. The number of nitrogens with zero attached hydrogens (tertiary/aromatic N) is 3. The van der Waals surface area contributed by atoms with Gasteiger partial charge in [-0.15, -0.1) is 0 Å². The van der Waals surface area contributed by atoms with Crippen LogP contribution < -0.4 is 16.6 Å². The van der Waals surface area contributed by atoms with Gasteiger partial charge < -0.3 is 15.6 Å². The predicted octanol–water partition coefficient (Wildman–Crippen LogP) is 0.965. The van der Waals surface area contributed by atoms with E-state index in [2.05, 4.69) is 39.6 Å². The molecule has 2 unspecified atom stereocenters. The molecule has 2 rings (SSSR count). The summed E-state index contributed by atoms with van der Waals surface area (Å²) in [6.45, 7) is 5.24. The molecule has 0 saturated carbocycles. The van der Waals surface area contributed by atoms with Crippen molar-refractivity contribution in [1.29, 1.82) is 0 Å². The molecule has 1 saturated heterocycles. The number of hydrogen-bond acceptors (Lipinski definition) is 6. The predicted molar refractivity (Wildman–Crippen MR) is 73.3 cm³/mol. The molecular formula is C12H22N6. The summed E-state index contributed by atoms with van der Waals surface area (Å²) in [5.74, 6) is 7.59. The second-order valence-corrected chi connectivity index (χ2v) is 5.03. The molecule has 1 aliphatic rings. The van der Waals surface area contributed by atoms with Crippen molar-refractivity contribution in [2.24, 2.45) is 5.84 Å². The second kappa shape index (κ2) is 5.49. The molecular weight excluding hydrogens is 228 g/mol. The lowest BCUT2D eigenvalue weighted by Gasteiger charge is -2.35. The zero-order valence-corrected chi connectivity index (χ0v) is 11.3. The molecule has 4 N–H and O–H groups in total. The minimum atomic E-state index is 0.469. The molecule has 100 valence electrons. The maximum absolute atomic E-state index is 5.39. The number of rotatable bonds is 3.